The van der Waals surface area contributed by atoms with Crippen LogP contribution in [0.1, 0.15) is 0 Å². The summed E-state index contributed by atoms with van der Waals surface area (Å²) in [4.78, 5) is -0.0417. The fourth-order valence-corrected chi connectivity index (χ4v) is 2.12. The molecule has 3 nitrogen and oxygen atoms in total. The van der Waals surface area contributed by atoms with Gasteiger partial charge in [-0.3, -0.25) is 4.21 Å². The molecule has 1 aromatic rings. The van der Waals surface area contributed by atoms with E-state index in [4.69, 9.17) is 27.9 Å². The van der Waals surface area contributed by atoms with E-state index in [9.17, 15) is 8.76 Å². The Labute approximate surface area is 116 Å². The summed E-state index contributed by atoms with van der Waals surface area (Å²) in [6.45, 7) is 0. The van der Waals surface area contributed by atoms with Gasteiger partial charge in [-0.15, -0.1) is 0 Å². The van der Waals surface area contributed by atoms with Gasteiger partial charge >= 0.3 is 29.6 Å². The van der Waals surface area contributed by atoms with Gasteiger partial charge in [0.1, 0.15) is 0 Å². The van der Waals surface area contributed by atoms with E-state index in [-0.39, 0.29) is 50.2 Å². The van der Waals surface area contributed by atoms with Crippen LogP contribution in [-0.2, 0) is 11.1 Å². The van der Waals surface area contributed by atoms with E-state index in [0.717, 1.165) is 0 Å². The molecule has 1 atom stereocenters. The van der Waals surface area contributed by atoms with Crippen molar-refractivity contribution in [1.82, 2.24) is 0 Å². The molecule has 0 aliphatic rings. The molecule has 0 N–H and O–H groups in total. The van der Waals surface area contributed by atoms with Gasteiger partial charge in [0, 0.05) is 5.02 Å². The molecule has 0 aliphatic carbocycles. The molecule has 0 spiro atoms. The second kappa shape index (κ2) is 6.33. The quantitative estimate of drug-likeness (QED) is 0.521. The summed E-state index contributed by atoms with van der Waals surface area (Å²) in [5.41, 5.74) is 0. The van der Waals surface area contributed by atoms with E-state index in [1.54, 1.807) is 0 Å². The summed E-state index contributed by atoms with van der Waals surface area (Å²) in [6.07, 6.45) is 0. The monoisotopic (exact) mass is 262 g/mol. The van der Waals surface area contributed by atoms with Crippen molar-refractivity contribution in [2.45, 2.75) is 4.90 Å². The van der Waals surface area contributed by atoms with E-state index in [2.05, 4.69) is 0 Å². The molecular formula is C7H5Cl2NaO3S. The van der Waals surface area contributed by atoms with Crippen LogP contribution >= 0.6 is 23.2 Å². The number of hydrogen-bond donors (Lipinski definition) is 0. The summed E-state index contributed by atoms with van der Waals surface area (Å²) >= 11 is 8.90. The molecule has 0 radical (unpaired) electrons. The molecule has 0 fully saturated rings. The summed E-state index contributed by atoms with van der Waals surface area (Å²) < 4.78 is 26.2. The van der Waals surface area contributed by atoms with Gasteiger partial charge in [0.25, 0.3) is 0 Å². The zero-order valence-corrected chi connectivity index (χ0v) is 11.9. The van der Waals surface area contributed by atoms with Crippen molar-refractivity contribution in [3.05, 3.63) is 22.2 Å². The molecule has 0 saturated heterocycles. The summed E-state index contributed by atoms with van der Waals surface area (Å²) in [7, 11) is 1.34. The normalized spacial score (nSPS) is 11.7. The van der Waals surface area contributed by atoms with Gasteiger partial charge in [0.05, 0.1) is 17.0 Å². The van der Waals surface area contributed by atoms with Crippen molar-refractivity contribution < 1.29 is 43.1 Å². The smallest absolute Gasteiger partial charge is 0.768 e. The zero-order valence-electron chi connectivity index (χ0n) is 7.54. The SMILES string of the molecule is COc1c(Cl)cc(Cl)cc1S(=O)[O-].[Na+]. The minimum atomic E-state index is -2.40. The molecule has 1 unspecified atom stereocenters. The molecule has 0 saturated carbocycles. The topological polar surface area (TPSA) is 49.4 Å². The molecule has 0 heterocycles. The van der Waals surface area contributed by atoms with Crippen LogP contribution < -0.4 is 34.3 Å². The third-order valence-corrected chi connectivity index (χ3v) is 2.52. The predicted molar refractivity (Wildman–Crippen MR) is 50.2 cm³/mol. The van der Waals surface area contributed by atoms with Crippen LogP contribution in [0.3, 0.4) is 0 Å². The molecule has 72 valence electrons. The van der Waals surface area contributed by atoms with Gasteiger partial charge in [-0.2, -0.15) is 0 Å². The van der Waals surface area contributed by atoms with Crippen LogP contribution in [0, 0.1) is 0 Å². The molecule has 1 aromatic carbocycles. The predicted octanol–water partition coefficient (Wildman–Crippen LogP) is -0.756. The fraction of sp³-hybridized carbons (Fsp3) is 0.143. The van der Waals surface area contributed by atoms with Crippen molar-refractivity contribution in [3.8, 4) is 5.75 Å². The number of benzene rings is 1. The molecular weight excluding hydrogens is 258 g/mol. The second-order valence-corrected chi connectivity index (χ2v) is 3.91. The number of methoxy groups -OCH3 is 1. The maximum atomic E-state index is 10.7. The number of rotatable bonds is 2. The van der Waals surface area contributed by atoms with Gasteiger partial charge in [0.2, 0.25) is 0 Å². The number of halogens is 2. The van der Waals surface area contributed by atoms with Crippen molar-refractivity contribution in [2.24, 2.45) is 0 Å². The Morgan fingerprint density at radius 3 is 2.43 bits per heavy atom. The van der Waals surface area contributed by atoms with E-state index < -0.39 is 11.1 Å². The van der Waals surface area contributed by atoms with E-state index in [1.165, 1.54) is 19.2 Å². The fourth-order valence-electron chi connectivity index (χ4n) is 0.859. The van der Waals surface area contributed by atoms with Gasteiger partial charge in [-0.1, -0.05) is 23.2 Å². The standard InChI is InChI=1S/C7H6Cl2O3S.Na/c1-12-7-5(9)2-4(8)3-6(7)13(10)11;/h2-3H,1H3,(H,10,11);/q;+1/p-1. The van der Waals surface area contributed by atoms with Gasteiger partial charge in [-0.05, 0) is 23.2 Å². The first-order valence-corrected chi connectivity index (χ1v) is 5.01. The summed E-state index contributed by atoms with van der Waals surface area (Å²) in [6, 6.07) is 2.69. The Hall–Kier alpha value is 0.710. The van der Waals surface area contributed by atoms with E-state index in [1.807, 2.05) is 0 Å². The third kappa shape index (κ3) is 3.38. The number of hydrogen-bond acceptors (Lipinski definition) is 3. The van der Waals surface area contributed by atoms with Crippen LogP contribution in [0.25, 0.3) is 0 Å². The Kier molecular flexibility index (Phi) is 6.65. The molecule has 0 amide bonds. The molecule has 1 rings (SSSR count). The van der Waals surface area contributed by atoms with Crippen LogP contribution in [0.2, 0.25) is 10.0 Å². The number of ether oxygens (including phenoxy) is 1. The molecule has 14 heavy (non-hydrogen) atoms. The minimum absolute atomic E-state index is 0. The molecule has 7 heteroatoms. The average molecular weight is 263 g/mol. The van der Waals surface area contributed by atoms with E-state index >= 15 is 0 Å². The van der Waals surface area contributed by atoms with Crippen LogP contribution in [0.5, 0.6) is 5.75 Å². The maximum absolute atomic E-state index is 10.7. The second-order valence-electron chi connectivity index (χ2n) is 2.15. The Morgan fingerprint density at radius 2 is 2.00 bits per heavy atom. The Bertz CT molecular complexity index is 359. The zero-order chi connectivity index (χ0) is 10.0. The largest absolute Gasteiger partial charge is 1.00 e. The molecule has 0 aromatic heterocycles. The molecule has 0 bridgehead atoms. The third-order valence-electron chi connectivity index (χ3n) is 1.36. The minimum Gasteiger partial charge on any atom is -0.768 e. The van der Waals surface area contributed by atoms with Crippen molar-refractivity contribution in [2.75, 3.05) is 7.11 Å². The van der Waals surface area contributed by atoms with E-state index in [0.29, 0.717) is 0 Å². The average Bonchev–Trinajstić information content (AvgIpc) is 2.02. The van der Waals surface area contributed by atoms with Crippen LogP contribution in [0.4, 0.5) is 0 Å². The van der Waals surface area contributed by atoms with Crippen LogP contribution in [-0.4, -0.2) is 15.9 Å². The summed E-state index contributed by atoms with van der Waals surface area (Å²) in [5.74, 6) is 0.111. The molecule has 0 aliphatic heterocycles. The first kappa shape index (κ1) is 14.7. The van der Waals surface area contributed by atoms with Crippen molar-refractivity contribution in [1.29, 1.82) is 0 Å². The first-order chi connectivity index (χ1) is 6.06. The Morgan fingerprint density at radius 1 is 1.43 bits per heavy atom. The van der Waals surface area contributed by atoms with Gasteiger partial charge in [-0.25, -0.2) is 0 Å². The first-order valence-electron chi connectivity index (χ1n) is 3.18. The van der Waals surface area contributed by atoms with Crippen LogP contribution in [0.15, 0.2) is 17.0 Å². The summed E-state index contributed by atoms with van der Waals surface area (Å²) in [5, 5.41) is 0.430. The van der Waals surface area contributed by atoms with Crippen molar-refractivity contribution in [3.63, 3.8) is 0 Å². The maximum Gasteiger partial charge on any atom is 1.00 e. The van der Waals surface area contributed by atoms with Crippen molar-refractivity contribution >= 4 is 34.3 Å². The Balaban J connectivity index is 0.00000169. The van der Waals surface area contributed by atoms with Gasteiger partial charge in [0.15, 0.2) is 5.75 Å². The van der Waals surface area contributed by atoms with Gasteiger partial charge < -0.3 is 9.29 Å².